The van der Waals surface area contributed by atoms with Crippen molar-refractivity contribution in [2.45, 2.75) is 12.8 Å². The molecule has 0 aromatic carbocycles. The SMILES string of the molecule is O=C(O)C1(CCCl)CCS(=O)(=O)C1. The zero-order chi connectivity index (χ0) is 10.1. The zero-order valence-electron chi connectivity index (χ0n) is 6.99. The van der Waals surface area contributed by atoms with Gasteiger partial charge in [-0.2, -0.15) is 0 Å². The third-order valence-electron chi connectivity index (χ3n) is 2.41. The van der Waals surface area contributed by atoms with Crippen molar-refractivity contribution < 1.29 is 18.3 Å². The van der Waals surface area contributed by atoms with Crippen LogP contribution < -0.4 is 0 Å². The molecule has 0 amide bonds. The van der Waals surface area contributed by atoms with Crippen LogP contribution in [-0.2, 0) is 14.6 Å². The lowest BCUT2D eigenvalue weighted by Gasteiger charge is -2.20. The molecule has 1 aliphatic heterocycles. The average Bonchev–Trinajstić information content (AvgIpc) is 2.28. The third kappa shape index (κ3) is 2.14. The van der Waals surface area contributed by atoms with Gasteiger partial charge in [-0.25, -0.2) is 8.42 Å². The molecule has 1 heterocycles. The molecule has 6 heteroatoms. The van der Waals surface area contributed by atoms with Crippen LogP contribution in [0.1, 0.15) is 12.8 Å². The molecule has 4 nitrogen and oxygen atoms in total. The Morgan fingerprint density at radius 3 is 2.46 bits per heavy atom. The predicted molar refractivity (Wildman–Crippen MR) is 48.7 cm³/mol. The van der Waals surface area contributed by atoms with Gasteiger partial charge < -0.3 is 5.11 Å². The summed E-state index contributed by atoms with van der Waals surface area (Å²) in [6, 6.07) is 0. The summed E-state index contributed by atoms with van der Waals surface area (Å²) in [7, 11) is -3.16. The van der Waals surface area contributed by atoms with Crippen molar-refractivity contribution >= 4 is 27.4 Å². The number of rotatable bonds is 3. The molecule has 0 aromatic rings. The van der Waals surface area contributed by atoms with E-state index < -0.39 is 21.2 Å². The molecule has 0 aliphatic carbocycles. The standard InChI is InChI=1S/C7H11ClO4S/c8-3-1-7(6(9)10)2-4-13(11,12)5-7/h1-5H2,(H,9,10). The van der Waals surface area contributed by atoms with Crippen LogP contribution in [0.2, 0.25) is 0 Å². The Morgan fingerprint density at radius 2 is 2.15 bits per heavy atom. The second kappa shape index (κ2) is 3.46. The third-order valence-corrected chi connectivity index (χ3v) is 4.42. The number of alkyl halides is 1. The Kier molecular flexibility index (Phi) is 2.87. The predicted octanol–water partition coefficient (Wildman–Crippen LogP) is 0.505. The molecule has 0 saturated carbocycles. The van der Waals surface area contributed by atoms with E-state index in [0.717, 1.165) is 0 Å². The van der Waals surface area contributed by atoms with Gasteiger partial charge in [0.15, 0.2) is 9.84 Å². The monoisotopic (exact) mass is 226 g/mol. The summed E-state index contributed by atoms with van der Waals surface area (Å²) in [5, 5.41) is 8.90. The summed E-state index contributed by atoms with van der Waals surface area (Å²) in [6.07, 6.45) is 0.417. The number of carbonyl (C=O) groups is 1. The van der Waals surface area contributed by atoms with Crippen molar-refractivity contribution in [3.05, 3.63) is 0 Å². The summed E-state index contributed by atoms with van der Waals surface area (Å²) in [4.78, 5) is 10.9. The first-order valence-electron chi connectivity index (χ1n) is 3.92. The van der Waals surface area contributed by atoms with Crippen LogP contribution in [0.5, 0.6) is 0 Å². The minimum absolute atomic E-state index is 0.0316. The van der Waals surface area contributed by atoms with E-state index in [9.17, 15) is 13.2 Å². The van der Waals surface area contributed by atoms with Crippen molar-refractivity contribution in [3.8, 4) is 0 Å². The maximum atomic E-state index is 11.1. The number of hydrogen-bond acceptors (Lipinski definition) is 3. The molecule has 1 N–H and O–H groups in total. The summed E-state index contributed by atoms with van der Waals surface area (Å²) in [5.74, 6) is -1.16. The summed E-state index contributed by atoms with van der Waals surface area (Å²) >= 11 is 5.45. The normalized spacial score (nSPS) is 31.8. The highest BCUT2D eigenvalue weighted by Crippen LogP contribution is 2.36. The minimum Gasteiger partial charge on any atom is -0.481 e. The molecule has 1 fully saturated rings. The summed E-state index contributed by atoms with van der Waals surface area (Å²) in [5.41, 5.74) is -1.12. The number of carboxylic acids is 1. The minimum atomic E-state index is -3.16. The van der Waals surface area contributed by atoms with E-state index in [1.54, 1.807) is 0 Å². The number of halogens is 1. The fourth-order valence-electron chi connectivity index (χ4n) is 1.57. The lowest BCUT2D eigenvalue weighted by molar-refractivity contribution is -0.147. The molecule has 0 aromatic heterocycles. The zero-order valence-corrected chi connectivity index (χ0v) is 8.57. The lowest BCUT2D eigenvalue weighted by atomic mass is 9.85. The molecule has 0 radical (unpaired) electrons. The molecule has 1 aliphatic rings. The molecule has 0 spiro atoms. The van der Waals surface area contributed by atoms with Crippen LogP contribution in [0.25, 0.3) is 0 Å². The molecule has 1 rings (SSSR count). The Balaban J connectivity index is 2.90. The van der Waals surface area contributed by atoms with E-state index in [0.29, 0.717) is 0 Å². The van der Waals surface area contributed by atoms with Crippen molar-refractivity contribution in [3.63, 3.8) is 0 Å². The maximum absolute atomic E-state index is 11.1. The molecule has 0 bridgehead atoms. The highest BCUT2D eigenvalue weighted by Gasteiger charge is 2.47. The van der Waals surface area contributed by atoms with E-state index in [2.05, 4.69) is 0 Å². The van der Waals surface area contributed by atoms with Crippen molar-refractivity contribution in [2.75, 3.05) is 17.4 Å². The molecule has 1 unspecified atom stereocenters. The molecule has 1 saturated heterocycles. The molecule has 1 atom stereocenters. The Labute approximate surface area is 81.8 Å². The van der Waals surface area contributed by atoms with Crippen LogP contribution in [0, 0.1) is 5.41 Å². The Hall–Kier alpha value is -0.290. The van der Waals surface area contributed by atoms with Gasteiger partial charge in [-0.3, -0.25) is 4.79 Å². The van der Waals surface area contributed by atoms with Crippen LogP contribution >= 0.6 is 11.6 Å². The highest BCUT2D eigenvalue weighted by atomic mass is 35.5. The van der Waals surface area contributed by atoms with Crippen LogP contribution in [-0.4, -0.2) is 36.9 Å². The Morgan fingerprint density at radius 1 is 1.54 bits per heavy atom. The van der Waals surface area contributed by atoms with E-state index in [1.165, 1.54) is 0 Å². The largest absolute Gasteiger partial charge is 0.481 e. The maximum Gasteiger partial charge on any atom is 0.310 e. The van der Waals surface area contributed by atoms with Crippen LogP contribution in [0.4, 0.5) is 0 Å². The van der Waals surface area contributed by atoms with Crippen molar-refractivity contribution in [1.29, 1.82) is 0 Å². The summed E-state index contributed by atoms with van der Waals surface area (Å²) < 4.78 is 22.2. The highest BCUT2D eigenvalue weighted by molar-refractivity contribution is 7.91. The molecule has 13 heavy (non-hydrogen) atoms. The Bertz CT molecular complexity index is 310. The van der Waals surface area contributed by atoms with Gasteiger partial charge in [-0.05, 0) is 12.8 Å². The number of hydrogen-bond donors (Lipinski definition) is 1. The number of sulfone groups is 1. The van der Waals surface area contributed by atoms with Gasteiger partial charge >= 0.3 is 5.97 Å². The summed E-state index contributed by atoms with van der Waals surface area (Å²) in [6.45, 7) is 0. The second-order valence-corrected chi connectivity index (χ2v) is 5.93. The van der Waals surface area contributed by atoms with Crippen molar-refractivity contribution in [1.82, 2.24) is 0 Å². The first kappa shape index (κ1) is 10.8. The van der Waals surface area contributed by atoms with Gasteiger partial charge in [0.05, 0.1) is 16.9 Å². The van der Waals surface area contributed by atoms with Gasteiger partial charge in [0.25, 0.3) is 0 Å². The second-order valence-electron chi connectivity index (χ2n) is 3.37. The molecular weight excluding hydrogens is 216 g/mol. The van der Waals surface area contributed by atoms with Crippen LogP contribution in [0.3, 0.4) is 0 Å². The van der Waals surface area contributed by atoms with Gasteiger partial charge in [0, 0.05) is 5.88 Å². The number of carboxylic acid groups (broad SMARTS) is 1. The van der Waals surface area contributed by atoms with Crippen LogP contribution in [0.15, 0.2) is 0 Å². The van der Waals surface area contributed by atoms with Gasteiger partial charge in [-0.15, -0.1) is 11.6 Å². The fraction of sp³-hybridized carbons (Fsp3) is 0.857. The van der Waals surface area contributed by atoms with Gasteiger partial charge in [-0.1, -0.05) is 0 Å². The van der Waals surface area contributed by atoms with Gasteiger partial charge in [0.2, 0.25) is 0 Å². The first-order valence-corrected chi connectivity index (χ1v) is 6.27. The molecule has 76 valence electrons. The topological polar surface area (TPSA) is 71.4 Å². The number of aliphatic carboxylic acids is 1. The molecular formula is C7H11ClO4S. The smallest absolute Gasteiger partial charge is 0.310 e. The average molecular weight is 227 g/mol. The quantitative estimate of drug-likeness (QED) is 0.712. The first-order chi connectivity index (χ1) is 5.92. The van der Waals surface area contributed by atoms with Gasteiger partial charge in [0.1, 0.15) is 0 Å². The fourth-order valence-corrected chi connectivity index (χ4v) is 4.03. The van der Waals surface area contributed by atoms with Crippen molar-refractivity contribution in [2.24, 2.45) is 5.41 Å². The van der Waals surface area contributed by atoms with E-state index in [-0.39, 0.29) is 30.2 Å². The van der Waals surface area contributed by atoms with E-state index in [4.69, 9.17) is 16.7 Å². The van der Waals surface area contributed by atoms with E-state index >= 15 is 0 Å². The van der Waals surface area contributed by atoms with E-state index in [1.807, 2.05) is 0 Å². The lowest BCUT2D eigenvalue weighted by Crippen LogP contribution is -2.32.